The molecule has 0 atom stereocenters. The van der Waals surface area contributed by atoms with Gasteiger partial charge in [0, 0.05) is 16.8 Å². The number of hydrogen-bond acceptors (Lipinski definition) is 3. The number of aromatic nitrogens is 1. The van der Waals surface area contributed by atoms with Crippen LogP contribution in [0.4, 0.5) is 5.69 Å². The van der Waals surface area contributed by atoms with Gasteiger partial charge in [0.05, 0.1) is 24.2 Å². The van der Waals surface area contributed by atoms with E-state index in [0.29, 0.717) is 17.5 Å². The lowest BCUT2D eigenvalue weighted by Gasteiger charge is -2.06. The Bertz CT molecular complexity index is 659. The van der Waals surface area contributed by atoms with Crippen LogP contribution in [0.25, 0.3) is 0 Å². The molecule has 0 fully saturated rings. The lowest BCUT2D eigenvalue weighted by Crippen LogP contribution is -2.07. The zero-order chi connectivity index (χ0) is 13.2. The van der Waals surface area contributed by atoms with E-state index >= 15 is 0 Å². The summed E-state index contributed by atoms with van der Waals surface area (Å²) in [6, 6.07) is 9.47. The van der Waals surface area contributed by atoms with Crippen LogP contribution in [0.3, 0.4) is 0 Å². The van der Waals surface area contributed by atoms with Gasteiger partial charge in [-0.05, 0) is 30.3 Å². The SMILES string of the molecule is COC1=Nc2ccc(Cl)cc2C(c2ccc[nH]2)=NC1. The van der Waals surface area contributed by atoms with E-state index in [-0.39, 0.29) is 0 Å². The van der Waals surface area contributed by atoms with E-state index < -0.39 is 0 Å². The number of aromatic amines is 1. The summed E-state index contributed by atoms with van der Waals surface area (Å²) in [5.41, 5.74) is 3.50. The first-order chi connectivity index (χ1) is 9.28. The van der Waals surface area contributed by atoms with E-state index in [0.717, 1.165) is 22.7 Å². The van der Waals surface area contributed by atoms with Gasteiger partial charge >= 0.3 is 0 Å². The van der Waals surface area contributed by atoms with Gasteiger partial charge in [-0.25, -0.2) is 4.99 Å². The van der Waals surface area contributed by atoms with Crippen LogP contribution in [-0.2, 0) is 4.74 Å². The average Bonchev–Trinajstić information content (AvgIpc) is 2.87. The van der Waals surface area contributed by atoms with Crippen LogP contribution in [-0.4, -0.2) is 30.2 Å². The lowest BCUT2D eigenvalue weighted by molar-refractivity contribution is 0.396. The highest BCUT2D eigenvalue weighted by Crippen LogP contribution is 2.28. The summed E-state index contributed by atoms with van der Waals surface area (Å²) >= 11 is 6.08. The molecule has 0 saturated heterocycles. The molecule has 0 aliphatic carbocycles. The van der Waals surface area contributed by atoms with Crippen LogP contribution >= 0.6 is 11.6 Å². The molecule has 1 aliphatic rings. The largest absolute Gasteiger partial charge is 0.483 e. The number of aliphatic imine (C=N–C) groups is 2. The van der Waals surface area contributed by atoms with Crippen LogP contribution in [0.15, 0.2) is 46.5 Å². The highest BCUT2D eigenvalue weighted by atomic mass is 35.5. The Morgan fingerprint density at radius 1 is 1.32 bits per heavy atom. The van der Waals surface area contributed by atoms with Crippen LogP contribution in [0, 0.1) is 0 Å². The smallest absolute Gasteiger partial charge is 0.210 e. The summed E-state index contributed by atoms with van der Waals surface area (Å²) < 4.78 is 5.22. The fourth-order valence-electron chi connectivity index (χ4n) is 2.02. The molecular formula is C14H12ClN3O. The van der Waals surface area contributed by atoms with Crippen LogP contribution in [0.5, 0.6) is 0 Å². The molecule has 0 spiro atoms. The van der Waals surface area contributed by atoms with Crippen molar-refractivity contribution in [3.05, 3.63) is 52.8 Å². The summed E-state index contributed by atoms with van der Waals surface area (Å²) in [5, 5.41) is 0.661. The first kappa shape index (κ1) is 12.0. The second-order valence-corrected chi connectivity index (χ2v) is 4.56. The monoisotopic (exact) mass is 273 g/mol. The Hall–Kier alpha value is -2.07. The van der Waals surface area contributed by atoms with E-state index in [1.165, 1.54) is 0 Å². The first-order valence-electron chi connectivity index (χ1n) is 5.87. The number of H-pyrrole nitrogens is 1. The number of fused-ring (bicyclic) bond motifs is 1. The molecule has 5 heteroatoms. The molecule has 1 aliphatic heterocycles. The highest BCUT2D eigenvalue weighted by Gasteiger charge is 2.17. The minimum absolute atomic E-state index is 0.414. The third-order valence-electron chi connectivity index (χ3n) is 2.92. The first-order valence-corrected chi connectivity index (χ1v) is 6.25. The molecule has 96 valence electrons. The minimum atomic E-state index is 0.414. The molecule has 0 amide bonds. The number of nitrogens with one attached hydrogen (secondary N) is 1. The predicted molar refractivity (Wildman–Crippen MR) is 76.9 cm³/mol. The molecule has 4 nitrogen and oxygen atoms in total. The number of benzene rings is 1. The summed E-state index contributed by atoms with van der Waals surface area (Å²) in [5.74, 6) is 0.588. The van der Waals surface area contributed by atoms with Crippen molar-refractivity contribution in [2.24, 2.45) is 9.98 Å². The van der Waals surface area contributed by atoms with E-state index in [4.69, 9.17) is 16.3 Å². The normalized spacial score (nSPS) is 14.2. The Morgan fingerprint density at radius 2 is 2.21 bits per heavy atom. The van der Waals surface area contributed by atoms with Crippen LogP contribution in [0.1, 0.15) is 11.3 Å². The fraction of sp³-hybridized carbons (Fsp3) is 0.143. The molecule has 1 aromatic heterocycles. The van der Waals surface area contributed by atoms with E-state index in [1.807, 2.05) is 36.5 Å². The number of methoxy groups -OCH3 is 1. The maximum Gasteiger partial charge on any atom is 0.210 e. The molecular weight excluding hydrogens is 262 g/mol. The third-order valence-corrected chi connectivity index (χ3v) is 3.16. The van der Waals surface area contributed by atoms with Crippen molar-refractivity contribution in [1.82, 2.24) is 4.98 Å². The molecule has 1 N–H and O–H groups in total. The minimum Gasteiger partial charge on any atom is -0.483 e. The third kappa shape index (κ3) is 2.27. The summed E-state index contributed by atoms with van der Waals surface area (Å²) in [7, 11) is 1.60. The lowest BCUT2D eigenvalue weighted by atomic mass is 10.1. The maximum atomic E-state index is 6.08. The summed E-state index contributed by atoms with van der Waals surface area (Å²) in [4.78, 5) is 12.2. The second-order valence-electron chi connectivity index (χ2n) is 4.12. The molecule has 0 radical (unpaired) electrons. The van der Waals surface area contributed by atoms with Gasteiger partial charge in [-0.2, -0.15) is 0 Å². The van der Waals surface area contributed by atoms with Crippen molar-refractivity contribution >= 4 is 28.9 Å². The van der Waals surface area contributed by atoms with Crippen molar-refractivity contribution < 1.29 is 4.74 Å². The summed E-state index contributed by atoms with van der Waals surface area (Å²) in [6.45, 7) is 0.414. The number of nitrogens with zero attached hydrogens (tertiary/aromatic N) is 2. The van der Waals surface area contributed by atoms with Crippen molar-refractivity contribution in [3.8, 4) is 0 Å². The fourth-order valence-corrected chi connectivity index (χ4v) is 2.19. The van der Waals surface area contributed by atoms with E-state index in [2.05, 4.69) is 15.0 Å². The Labute approximate surface area is 115 Å². The average molecular weight is 274 g/mol. The van der Waals surface area contributed by atoms with Crippen molar-refractivity contribution in [3.63, 3.8) is 0 Å². The Kier molecular flexibility index (Phi) is 3.09. The van der Waals surface area contributed by atoms with Gasteiger partial charge < -0.3 is 9.72 Å². The molecule has 3 rings (SSSR count). The van der Waals surface area contributed by atoms with Gasteiger partial charge in [-0.3, -0.25) is 4.99 Å². The van der Waals surface area contributed by atoms with Crippen LogP contribution < -0.4 is 0 Å². The molecule has 0 saturated carbocycles. The van der Waals surface area contributed by atoms with Gasteiger partial charge in [0.15, 0.2) is 0 Å². The molecule has 2 heterocycles. The summed E-state index contributed by atoms with van der Waals surface area (Å²) in [6.07, 6.45) is 1.87. The zero-order valence-electron chi connectivity index (χ0n) is 10.4. The van der Waals surface area contributed by atoms with Crippen molar-refractivity contribution in [2.75, 3.05) is 13.7 Å². The standard InChI is InChI=1S/C14H12ClN3O/c1-19-13-8-17-14(12-3-2-6-16-12)10-7-9(15)4-5-11(10)18-13/h2-7,16H,8H2,1H3. The zero-order valence-corrected chi connectivity index (χ0v) is 11.1. The van der Waals surface area contributed by atoms with Crippen molar-refractivity contribution in [2.45, 2.75) is 0 Å². The number of halogens is 1. The van der Waals surface area contributed by atoms with Gasteiger partial charge in [0.25, 0.3) is 0 Å². The molecule has 19 heavy (non-hydrogen) atoms. The van der Waals surface area contributed by atoms with Gasteiger partial charge in [0.2, 0.25) is 5.90 Å². The number of rotatable bonds is 1. The molecule has 2 aromatic rings. The predicted octanol–water partition coefficient (Wildman–Crippen LogP) is 3.20. The number of ether oxygens (including phenoxy) is 1. The molecule has 0 bridgehead atoms. The number of hydrogen-bond donors (Lipinski definition) is 1. The van der Waals surface area contributed by atoms with Crippen LogP contribution in [0.2, 0.25) is 5.02 Å². The van der Waals surface area contributed by atoms with Crippen molar-refractivity contribution in [1.29, 1.82) is 0 Å². The molecule has 0 unspecified atom stereocenters. The van der Waals surface area contributed by atoms with Gasteiger partial charge in [-0.1, -0.05) is 11.6 Å². The Morgan fingerprint density at radius 3 is 2.95 bits per heavy atom. The maximum absolute atomic E-state index is 6.08. The van der Waals surface area contributed by atoms with E-state index in [9.17, 15) is 0 Å². The quantitative estimate of drug-likeness (QED) is 0.852. The Balaban J connectivity index is 2.19. The second kappa shape index (κ2) is 4.90. The van der Waals surface area contributed by atoms with Gasteiger partial charge in [-0.15, -0.1) is 0 Å². The highest BCUT2D eigenvalue weighted by molar-refractivity contribution is 6.31. The van der Waals surface area contributed by atoms with E-state index in [1.54, 1.807) is 7.11 Å². The molecule has 1 aromatic carbocycles. The topological polar surface area (TPSA) is 49.7 Å². The van der Waals surface area contributed by atoms with Gasteiger partial charge in [0.1, 0.15) is 6.54 Å².